The van der Waals surface area contributed by atoms with Gasteiger partial charge in [0, 0.05) is 6.54 Å². The summed E-state index contributed by atoms with van der Waals surface area (Å²) in [6.07, 6.45) is 1.78. The average Bonchev–Trinajstić information content (AvgIpc) is 2.80. The molecule has 32 heavy (non-hydrogen) atoms. The van der Waals surface area contributed by atoms with Gasteiger partial charge in [-0.05, 0) is 69.0 Å². The number of carbonyl (C=O) groups is 2. The van der Waals surface area contributed by atoms with Crippen LogP contribution in [0.2, 0.25) is 0 Å². The number of hydrogen-bond donors (Lipinski definition) is 2. The molecule has 0 bridgehead atoms. The smallest absolute Gasteiger partial charge is 0.309 e. The van der Waals surface area contributed by atoms with Gasteiger partial charge in [-0.15, -0.1) is 0 Å². The second-order valence-corrected chi connectivity index (χ2v) is 8.79. The molecule has 172 valence electrons. The van der Waals surface area contributed by atoms with Crippen molar-refractivity contribution in [1.29, 1.82) is 0 Å². The van der Waals surface area contributed by atoms with Gasteiger partial charge in [0.15, 0.2) is 17.6 Å². The highest BCUT2D eigenvalue weighted by Crippen LogP contribution is 2.37. The number of benzene rings is 2. The summed E-state index contributed by atoms with van der Waals surface area (Å²) in [5.41, 5.74) is 1.74. The maximum absolute atomic E-state index is 11.5. The average molecular weight is 442 g/mol. The molecule has 0 unspecified atom stereocenters. The van der Waals surface area contributed by atoms with Crippen molar-refractivity contribution in [3.63, 3.8) is 0 Å². The molecule has 7 heteroatoms. The fourth-order valence-corrected chi connectivity index (χ4v) is 4.27. The monoisotopic (exact) mass is 441 g/mol. The Morgan fingerprint density at radius 3 is 2.28 bits per heavy atom. The van der Waals surface area contributed by atoms with Crippen molar-refractivity contribution < 1.29 is 29.3 Å². The lowest BCUT2D eigenvalue weighted by Gasteiger charge is -2.38. The van der Waals surface area contributed by atoms with E-state index >= 15 is 0 Å². The zero-order valence-corrected chi connectivity index (χ0v) is 18.6. The molecule has 2 aliphatic heterocycles. The third kappa shape index (κ3) is 5.59. The highest BCUT2D eigenvalue weighted by atomic mass is 16.6. The van der Waals surface area contributed by atoms with Crippen molar-refractivity contribution in [2.45, 2.75) is 39.3 Å². The number of likely N-dealkylation sites (tertiary alicyclic amines) is 1. The molecular weight excluding hydrogens is 410 g/mol. The van der Waals surface area contributed by atoms with Crippen LogP contribution in [-0.4, -0.2) is 47.3 Å². The summed E-state index contributed by atoms with van der Waals surface area (Å²) in [4.78, 5) is 22.3. The second kappa shape index (κ2) is 10.5. The minimum atomic E-state index is -0.692. The van der Waals surface area contributed by atoms with Crippen LogP contribution in [0.4, 0.5) is 0 Å². The van der Waals surface area contributed by atoms with Crippen LogP contribution in [-0.2, 0) is 16.1 Å². The van der Waals surface area contributed by atoms with Crippen LogP contribution in [0.3, 0.4) is 0 Å². The van der Waals surface area contributed by atoms with Crippen molar-refractivity contribution in [3.05, 3.63) is 59.7 Å². The van der Waals surface area contributed by atoms with Crippen LogP contribution in [0.5, 0.6) is 11.5 Å². The lowest BCUT2D eigenvalue weighted by Crippen LogP contribution is -2.41. The van der Waals surface area contributed by atoms with Gasteiger partial charge in [0.1, 0.15) is 6.61 Å². The Hall–Kier alpha value is -3.06. The van der Waals surface area contributed by atoms with Crippen molar-refractivity contribution in [1.82, 2.24) is 4.90 Å². The van der Waals surface area contributed by atoms with E-state index in [1.165, 1.54) is 5.56 Å². The van der Waals surface area contributed by atoms with Crippen LogP contribution < -0.4 is 9.47 Å². The third-order valence-electron chi connectivity index (χ3n) is 6.43. The van der Waals surface area contributed by atoms with E-state index in [1.807, 2.05) is 38.1 Å². The SMILES string of the molecule is CC(C)(C(=O)O)C1CCN(Cc2ccc([C@H]3COc4ccccc4O3)cc2)CC1.O=CO. The molecule has 2 aliphatic rings. The Balaban J connectivity index is 0.000000913. The lowest BCUT2D eigenvalue weighted by molar-refractivity contribution is -0.151. The molecule has 2 heterocycles. The van der Waals surface area contributed by atoms with Crippen LogP contribution in [0.25, 0.3) is 0 Å². The van der Waals surface area contributed by atoms with E-state index in [-0.39, 0.29) is 18.5 Å². The van der Waals surface area contributed by atoms with Gasteiger partial charge < -0.3 is 19.7 Å². The number of fused-ring (bicyclic) bond motifs is 1. The molecule has 0 spiro atoms. The first-order valence-corrected chi connectivity index (χ1v) is 10.9. The maximum Gasteiger partial charge on any atom is 0.309 e. The minimum Gasteiger partial charge on any atom is -0.485 e. The van der Waals surface area contributed by atoms with Gasteiger partial charge in [0.05, 0.1) is 5.41 Å². The van der Waals surface area contributed by atoms with Gasteiger partial charge in [0.2, 0.25) is 0 Å². The van der Waals surface area contributed by atoms with E-state index < -0.39 is 11.4 Å². The number of ether oxygens (including phenoxy) is 2. The Kier molecular flexibility index (Phi) is 7.75. The van der Waals surface area contributed by atoms with Gasteiger partial charge in [-0.1, -0.05) is 36.4 Å². The van der Waals surface area contributed by atoms with E-state index in [0.717, 1.165) is 49.5 Å². The summed E-state index contributed by atoms with van der Waals surface area (Å²) in [5, 5.41) is 16.3. The molecule has 2 aromatic carbocycles. The molecular formula is C25H31NO6. The van der Waals surface area contributed by atoms with Gasteiger partial charge in [-0.2, -0.15) is 0 Å². The van der Waals surface area contributed by atoms with Gasteiger partial charge >= 0.3 is 5.97 Å². The number of carboxylic acid groups (broad SMARTS) is 2. The summed E-state index contributed by atoms with van der Waals surface area (Å²) in [6.45, 7) is 6.75. The number of carboxylic acids is 1. The number of nitrogens with zero attached hydrogens (tertiary/aromatic N) is 1. The summed E-state index contributed by atoms with van der Waals surface area (Å²) in [5.74, 6) is 1.14. The largest absolute Gasteiger partial charge is 0.485 e. The molecule has 7 nitrogen and oxygen atoms in total. The predicted octanol–water partition coefficient (Wildman–Crippen LogP) is 4.22. The van der Waals surface area contributed by atoms with Crippen LogP contribution in [0, 0.1) is 11.3 Å². The third-order valence-corrected chi connectivity index (χ3v) is 6.43. The van der Waals surface area contributed by atoms with Crippen LogP contribution in [0.15, 0.2) is 48.5 Å². The highest BCUT2D eigenvalue weighted by Gasteiger charge is 2.38. The van der Waals surface area contributed by atoms with Crippen molar-refractivity contribution in [2.24, 2.45) is 11.3 Å². The van der Waals surface area contributed by atoms with Gasteiger partial charge in [0.25, 0.3) is 6.47 Å². The quantitative estimate of drug-likeness (QED) is 0.671. The molecule has 0 aromatic heterocycles. The van der Waals surface area contributed by atoms with Crippen molar-refractivity contribution >= 4 is 12.4 Å². The standard InChI is InChI=1S/C24H29NO4.CH2O2/c1-24(2,23(26)27)19-11-13-25(14-12-19)15-17-7-9-18(10-8-17)22-16-28-20-5-3-4-6-21(20)29-22;2-1-3/h3-10,19,22H,11-16H2,1-2H3,(H,26,27);1H,(H,2,3)/t22-;/m1./s1. The topological polar surface area (TPSA) is 96.3 Å². The molecule has 1 fully saturated rings. The number of hydrogen-bond acceptors (Lipinski definition) is 5. The molecule has 1 saturated heterocycles. The summed E-state index contributed by atoms with van der Waals surface area (Å²) < 4.78 is 11.9. The number of aliphatic carboxylic acids is 1. The van der Waals surface area contributed by atoms with Crippen molar-refractivity contribution in [3.8, 4) is 11.5 Å². The Morgan fingerprint density at radius 1 is 1.09 bits per heavy atom. The van der Waals surface area contributed by atoms with Crippen LogP contribution >= 0.6 is 0 Å². The lowest BCUT2D eigenvalue weighted by atomic mass is 9.74. The molecule has 0 aliphatic carbocycles. The molecule has 2 N–H and O–H groups in total. The highest BCUT2D eigenvalue weighted by molar-refractivity contribution is 5.74. The first-order chi connectivity index (χ1) is 15.3. The maximum atomic E-state index is 11.5. The van der Waals surface area contributed by atoms with E-state index in [4.69, 9.17) is 19.4 Å². The number of piperidine rings is 1. The molecule has 0 radical (unpaired) electrons. The Labute approximate surface area is 188 Å². The zero-order valence-electron chi connectivity index (χ0n) is 18.6. The summed E-state index contributed by atoms with van der Waals surface area (Å²) in [7, 11) is 0. The molecule has 0 amide bonds. The van der Waals surface area contributed by atoms with E-state index in [9.17, 15) is 9.90 Å². The van der Waals surface area contributed by atoms with E-state index in [2.05, 4.69) is 29.2 Å². The van der Waals surface area contributed by atoms with Crippen LogP contribution in [0.1, 0.15) is 43.9 Å². The normalized spacial score (nSPS) is 18.9. The molecule has 0 saturated carbocycles. The first-order valence-electron chi connectivity index (χ1n) is 10.9. The van der Waals surface area contributed by atoms with E-state index in [1.54, 1.807) is 0 Å². The molecule has 1 atom stereocenters. The van der Waals surface area contributed by atoms with Gasteiger partial charge in [-0.3, -0.25) is 14.5 Å². The molecule has 4 rings (SSSR count). The van der Waals surface area contributed by atoms with E-state index in [0.29, 0.717) is 6.61 Å². The second-order valence-electron chi connectivity index (χ2n) is 8.79. The number of para-hydroxylation sites is 2. The minimum absolute atomic E-state index is 0.0899. The van der Waals surface area contributed by atoms with Crippen molar-refractivity contribution in [2.75, 3.05) is 19.7 Å². The Bertz CT molecular complexity index is 903. The van der Waals surface area contributed by atoms with Gasteiger partial charge in [-0.25, -0.2) is 0 Å². The predicted molar refractivity (Wildman–Crippen MR) is 120 cm³/mol. The zero-order chi connectivity index (χ0) is 23.1. The fourth-order valence-electron chi connectivity index (χ4n) is 4.27. The fraction of sp³-hybridized carbons (Fsp3) is 0.440. The number of rotatable bonds is 5. The summed E-state index contributed by atoms with van der Waals surface area (Å²) in [6, 6.07) is 16.3. The first kappa shape index (κ1) is 23.6. The Morgan fingerprint density at radius 2 is 1.69 bits per heavy atom. The molecule has 2 aromatic rings. The summed E-state index contributed by atoms with van der Waals surface area (Å²) >= 11 is 0.